The van der Waals surface area contributed by atoms with Crippen LogP contribution in [-0.4, -0.2) is 19.7 Å². The maximum Gasteiger partial charge on any atom is 0.124 e. The molecule has 2 aromatic heterocycles. The molecule has 1 aromatic carbocycles. The Bertz CT molecular complexity index is 789. The Morgan fingerprint density at radius 2 is 1.95 bits per heavy atom. The molecule has 0 saturated carbocycles. The van der Waals surface area contributed by atoms with E-state index in [1.54, 1.807) is 18.1 Å². The molecule has 21 heavy (non-hydrogen) atoms. The van der Waals surface area contributed by atoms with Gasteiger partial charge in [0.05, 0.1) is 16.9 Å². The fraction of sp³-hybridized carbons (Fsp3) is 0.267. The van der Waals surface area contributed by atoms with Gasteiger partial charge in [-0.3, -0.25) is 4.68 Å². The van der Waals surface area contributed by atoms with E-state index in [4.69, 9.17) is 5.73 Å². The van der Waals surface area contributed by atoms with Crippen LogP contribution >= 0.6 is 11.8 Å². The second kappa shape index (κ2) is 5.37. The molecule has 108 valence electrons. The molecule has 0 amide bonds. The second-order valence-corrected chi connectivity index (χ2v) is 6.12. The predicted octanol–water partition coefficient (Wildman–Crippen LogP) is 3.45. The number of benzene rings is 1. The van der Waals surface area contributed by atoms with Crippen LogP contribution in [0.25, 0.3) is 10.9 Å². The number of hydrogen-bond acceptors (Lipinski definition) is 5. The van der Waals surface area contributed by atoms with Gasteiger partial charge in [-0.05, 0) is 38.6 Å². The lowest BCUT2D eigenvalue weighted by Crippen LogP contribution is -2.05. The first-order chi connectivity index (χ1) is 10.1. The smallest absolute Gasteiger partial charge is 0.124 e. The molecule has 0 aliphatic carbocycles. The zero-order valence-corrected chi connectivity index (χ0v) is 13.1. The Hall–Kier alpha value is -2.08. The number of aromatic nitrogens is 4. The van der Waals surface area contributed by atoms with Crippen molar-refractivity contribution in [2.24, 2.45) is 0 Å². The number of rotatable bonds is 3. The van der Waals surface area contributed by atoms with Crippen molar-refractivity contribution in [1.29, 1.82) is 0 Å². The zero-order valence-electron chi connectivity index (χ0n) is 12.2. The van der Waals surface area contributed by atoms with Gasteiger partial charge in [0.25, 0.3) is 0 Å². The van der Waals surface area contributed by atoms with Crippen LogP contribution in [0.2, 0.25) is 0 Å². The molecule has 6 heteroatoms. The summed E-state index contributed by atoms with van der Waals surface area (Å²) >= 11 is 1.54. The molecule has 0 bridgehead atoms. The molecule has 3 aromatic rings. The summed E-state index contributed by atoms with van der Waals surface area (Å²) < 4.78 is 1.95. The minimum Gasteiger partial charge on any atom is -0.395 e. The normalized spacial score (nSPS) is 11.4. The van der Waals surface area contributed by atoms with Crippen molar-refractivity contribution in [2.45, 2.75) is 36.9 Å². The highest BCUT2D eigenvalue weighted by Crippen LogP contribution is 2.36. The Balaban J connectivity index is 2.11. The van der Waals surface area contributed by atoms with Crippen molar-refractivity contribution in [2.75, 3.05) is 5.73 Å². The standard InChI is InChI=1S/C15H17N5S/c1-9(2)20-15(13(16)10(3)19-20)21-14-11-6-4-5-7-12(11)17-8-18-14/h4-9H,16H2,1-3H3. The molecule has 0 fully saturated rings. The van der Waals surface area contributed by atoms with Crippen LogP contribution in [-0.2, 0) is 0 Å². The average Bonchev–Trinajstić information content (AvgIpc) is 2.76. The molecule has 5 nitrogen and oxygen atoms in total. The topological polar surface area (TPSA) is 69.6 Å². The molecule has 0 radical (unpaired) electrons. The van der Waals surface area contributed by atoms with E-state index in [1.807, 2.05) is 35.9 Å². The summed E-state index contributed by atoms with van der Waals surface area (Å²) in [6.45, 7) is 6.11. The van der Waals surface area contributed by atoms with E-state index in [9.17, 15) is 0 Å². The molecule has 0 atom stereocenters. The van der Waals surface area contributed by atoms with Gasteiger partial charge >= 0.3 is 0 Å². The molecule has 2 N–H and O–H groups in total. The summed E-state index contributed by atoms with van der Waals surface area (Å²) in [6, 6.07) is 8.22. The van der Waals surface area contributed by atoms with Crippen molar-refractivity contribution in [3.63, 3.8) is 0 Å². The van der Waals surface area contributed by atoms with Gasteiger partial charge in [0, 0.05) is 11.4 Å². The highest BCUT2D eigenvalue weighted by atomic mass is 32.2. The van der Waals surface area contributed by atoms with E-state index in [-0.39, 0.29) is 6.04 Å². The van der Waals surface area contributed by atoms with Gasteiger partial charge in [0.2, 0.25) is 0 Å². The van der Waals surface area contributed by atoms with Crippen LogP contribution in [0.15, 0.2) is 40.6 Å². The van der Waals surface area contributed by atoms with E-state index >= 15 is 0 Å². The summed E-state index contributed by atoms with van der Waals surface area (Å²) in [7, 11) is 0. The monoisotopic (exact) mass is 299 g/mol. The highest BCUT2D eigenvalue weighted by molar-refractivity contribution is 7.99. The molecule has 0 spiro atoms. The van der Waals surface area contributed by atoms with E-state index in [1.165, 1.54) is 0 Å². The van der Waals surface area contributed by atoms with E-state index in [0.29, 0.717) is 0 Å². The van der Waals surface area contributed by atoms with E-state index in [0.717, 1.165) is 32.3 Å². The third kappa shape index (κ3) is 2.47. The number of fused-ring (bicyclic) bond motifs is 1. The average molecular weight is 299 g/mol. The molecular weight excluding hydrogens is 282 g/mol. The lowest BCUT2D eigenvalue weighted by Gasteiger charge is -2.11. The third-order valence-electron chi connectivity index (χ3n) is 3.27. The quantitative estimate of drug-likeness (QED) is 0.750. The number of nitrogens with two attached hydrogens (primary N) is 1. The number of para-hydroxylation sites is 1. The van der Waals surface area contributed by atoms with Gasteiger partial charge in [-0.25, -0.2) is 9.97 Å². The van der Waals surface area contributed by atoms with Gasteiger partial charge < -0.3 is 5.73 Å². The second-order valence-electron chi connectivity index (χ2n) is 5.14. The Morgan fingerprint density at radius 3 is 2.71 bits per heavy atom. The van der Waals surface area contributed by atoms with E-state index in [2.05, 4.69) is 28.9 Å². The molecule has 0 aliphatic heterocycles. The summed E-state index contributed by atoms with van der Waals surface area (Å²) in [5.74, 6) is 0. The maximum absolute atomic E-state index is 6.19. The molecule has 0 unspecified atom stereocenters. The summed E-state index contributed by atoms with van der Waals surface area (Å²) in [4.78, 5) is 8.70. The minimum absolute atomic E-state index is 0.247. The number of nitrogens with zero attached hydrogens (tertiary/aromatic N) is 4. The zero-order chi connectivity index (χ0) is 15.0. The van der Waals surface area contributed by atoms with Crippen molar-refractivity contribution in [3.05, 3.63) is 36.3 Å². The maximum atomic E-state index is 6.19. The summed E-state index contributed by atoms with van der Waals surface area (Å²) in [5, 5.41) is 7.37. The first-order valence-corrected chi connectivity index (χ1v) is 7.61. The van der Waals surface area contributed by atoms with Crippen LogP contribution in [0, 0.1) is 6.92 Å². The first kappa shape index (κ1) is 13.9. The summed E-state index contributed by atoms with van der Waals surface area (Å²) in [5.41, 5.74) is 8.69. The Morgan fingerprint density at radius 1 is 1.19 bits per heavy atom. The Kier molecular flexibility index (Phi) is 3.55. The third-order valence-corrected chi connectivity index (χ3v) is 4.39. The number of anilines is 1. The Labute approximate surface area is 127 Å². The van der Waals surface area contributed by atoms with Gasteiger partial charge in [0.1, 0.15) is 16.4 Å². The molecule has 3 rings (SSSR count). The van der Waals surface area contributed by atoms with Gasteiger partial charge in [-0.1, -0.05) is 18.2 Å². The largest absolute Gasteiger partial charge is 0.395 e. The fourth-order valence-electron chi connectivity index (χ4n) is 2.14. The minimum atomic E-state index is 0.247. The number of hydrogen-bond donors (Lipinski definition) is 1. The van der Waals surface area contributed by atoms with E-state index < -0.39 is 0 Å². The van der Waals surface area contributed by atoms with Gasteiger partial charge in [0.15, 0.2) is 0 Å². The van der Waals surface area contributed by atoms with Crippen LogP contribution in [0.1, 0.15) is 25.6 Å². The highest BCUT2D eigenvalue weighted by Gasteiger charge is 2.17. The van der Waals surface area contributed by atoms with Crippen molar-refractivity contribution < 1.29 is 0 Å². The van der Waals surface area contributed by atoms with Crippen molar-refractivity contribution in [3.8, 4) is 0 Å². The van der Waals surface area contributed by atoms with Crippen molar-refractivity contribution >= 4 is 28.4 Å². The van der Waals surface area contributed by atoms with Crippen LogP contribution in [0.4, 0.5) is 5.69 Å². The molecule has 0 aliphatic rings. The van der Waals surface area contributed by atoms with Crippen molar-refractivity contribution in [1.82, 2.24) is 19.7 Å². The summed E-state index contributed by atoms with van der Waals surface area (Å²) in [6.07, 6.45) is 1.59. The number of aryl methyl sites for hydroxylation is 1. The first-order valence-electron chi connectivity index (χ1n) is 6.80. The molecule has 2 heterocycles. The SMILES string of the molecule is Cc1nn(C(C)C)c(Sc2ncnc3ccccc23)c1N. The fourth-order valence-corrected chi connectivity index (χ4v) is 3.31. The number of nitrogen functional groups attached to an aromatic ring is 1. The van der Waals surface area contributed by atoms with Crippen LogP contribution in [0.3, 0.4) is 0 Å². The van der Waals surface area contributed by atoms with Crippen LogP contribution in [0.5, 0.6) is 0 Å². The van der Waals surface area contributed by atoms with Gasteiger partial charge in [-0.15, -0.1) is 0 Å². The molecule has 0 saturated heterocycles. The van der Waals surface area contributed by atoms with Crippen LogP contribution < -0.4 is 5.73 Å². The lowest BCUT2D eigenvalue weighted by atomic mass is 10.2. The van der Waals surface area contributed by atoms with Gasteiger partial charge in [-0.2, -0.15) is 5.10 Å². The predicted molar refractivity (Wildman–Crippen MR) is 85.4 cm³/mol. The lowest BCUT2D eigenvalue weighted by molar-refractivity contribution is 0.491. The molecular formula is C15H17N5S.